The zero-order valence-corrected chi connectivity index (χ0v) is 10.0. The molecule has 0 fully saturated rings. The molecule has 2 N–H and O–H groups in total. The lowest BCUT2D eigenvalue weighted by Gasteiger charge is -2.11. The molecule has 0 bridgehead atoms. The maximum Gasteiger partial charge on any atom is 0.184 e. The van der Waals surface area contributed by atoms with Gasteiger partial charge >= 0.3 is 0 Å². The largest absolute Gasteiger partial charge is 0.454 e. The lowest BCUT2D eigenvalue weighted by atomic mass is 10.2. The smallest absolute Gasteiger partial charge is 0.184 e. The number of hydrogen-bond acceptors (Lipinski definition) is 2. The molecule has 0 aliphatic heterocycles. The molecular formula is C13H10ClF2NO. The zero-order chi connectivity index (χ0) is 13.1. The van der Waals surface area contributed by atoms with Crippen LogP contribution in [0.25, 0.3) is 0 Å². The summed E-state index contributed by atoms with van der Waals surface area (Å²) in [6.45, 7) is 0.0925. The molecule has 5 heteroatoms. The van der Waals surface area contributed by atoms with Crippen molar-refractivity contribution in [3.63, 3.8) is 0 Å². The first-order valence-corrected chi connectivity index (χ1v) is 5.60. The Morgan fingerprint density at radius 3 is 2.61 bits per heavy atom. The van der Waals surface area contributed by atoms with Crippen molar-refractivity contribution >= 4 is 11.6 Å². The van der Waals surface area contributed by atoms with E-state index in [9.17, 15) is 8.78 Å². The Balaban J connectivity index is 2.37. The van der Waals surface area contributed by atoms with Crippen molar-refractivity contribution in [2.75, 3.05) is 0 Å². The Hall–Kier alpha value is -1.65. The van der Waals surface area contributed by atoms with E-state index in [-0.39, 0.29) is 17.3 Å². The summed E-state index contributed by atoms with van der Waals surface area (Å²) in [5.74, 6) is -0.801. The van der Waals surface area contributed by atoms with Crippen molar-refractivity contribution in [3.05, 3.63) is 58.6 Å². The molecule has 2 nitrogen and oxygen atoms in total. The zero-order valence-electron chi connectivity index (χ0n) is 9.29. The number of nitrogens with two attached hydrogens (primary N) is 1. The van der Waals surface area contributed by atoms with Gasteiger partial charge in [-0.15, -0.1) is 0 Å². The second-order valence-electron chi connectivity index (χ2n) is 3.61. The van der Waals surface area contributed by atoms with Crippen molar-refractivity contribution in [1.82, 2.24) is 0 Å². The minimum absolute atomic E-state index is 0.0243. The number of halogens is 3. The Kier molecular flexibility index (Phi) is 3.79. The number of ether oxygens (including phenoxy) is 1. The topological polar surface area (TPSA) is 35.2 Å². The van der Waals surface area contributed by atoms with E-state index in [1.54, 1.807) is 6.07 Å². The summed E-state index contributed by atoms with van der Waals surface area (Å²) in [7, 11) is 0. The third-order valence-corrected chi connectivity index (χ3v) is 2.67. The molecule has 0 aromatic heterocycles. The van der Waals surface area contributed by atoms with E-state index in [1.807, 2.05) is 0 Å². The summed E-state index contributed by atoms with van der Waals surface area (Å²) in [6, 6.07) is 8.28. The highest BCUT2D eigenvalue weighted by molar-refractivity contribution is 6.30. The highest BCUT2D eigenvalue weighted by Crippen LogP contribution is 2.30. The van der Waals surface area contributed by atoms with Crippen LogP contribution in [-0.4, -0.2) is 0 Å². The molecule has 0 heterocycles. The molecule has 0 saturated carbocycles. The van der Waals surface area contributed by atoms with E-state index in [2.05, 4.69) is 0 Å². The first kappa shape index (κ1) is 12.8. The van der Waals surface area contributed by atoms with Crippen LogP contribution >= 0.6 is 11.6 Å². The summed E-state index contributed by atoms with van der Waals surface area (Å²) in [5.41, 5.74) is 5.93. The molecule has 0 radical (unpaired) electrons. The van der Waals surface area contributed by atoms with Crippen molar-refractivity contribution in [3.8, 4) is 11.5 Å². The first-order chi connectivity index (χ1) is 8.61. The van der Waals surface area contributed by atoms with Gasteiger partial charge in [-0.3, -0.25) is 0 Å². The van der Waals surface area contributed by atoms with Crippen molar-refractivity contribution in [2.45, 2.75) is 6.54 Å². The minimum Gasteiger partial charge on any atom is -0.454 e. The molecule has 0 unspecified atom stereocenters. The Labute approximate surface area is 108 Å². The van der Waals surface area contributed by atoms with Crippen molar-refractivity contribution in [2.24, 2.45) is 5.73 Å². The molecule has 0 aliphatic rings. The fourth-order valence-corrected chi connectivity index (χ4v) is 1.65. The van der Waals surface area contributed by atoms with E-state index in [4.69, 9.17) is 22.1 Å². The molecule has 0 spiro atoms. The van der Waals surface area contributed by atoms with Gasteiger partial charge in [0.1, 0.15) is 11.6 Å². The van der Waals surface area contributed by atoms with Gasteiger partial charge in [-0.1, -0.05) is 17.7 Å². The Morgan fingerprint density at radius 2 is 1.89 bits per heavy atom. The van der Waals surface area contributed by atoms with Crippen LogP contribution in [0.1, 0.15) is 5.56 Å². The van der Waals surface area contributed by atoms with Gasteiger partial charge in [0.15, 0.2) is 11.6 Å². The van der Waals surface area contributed by atoms with E-state index in [0.717, 1.165) is 0 Å². The van der Waals surface area contributed by atoms with Crippen LogP contribution in [-0.2, 0) is 6.54 Å². The van der Waals surface area contributed by atoms with Crippen LogP contribution in [0.15, 0.2) is 36.4 Å². The lowest BCUT2D eigenvalue weighted by molar-refractivity contribution is 0.436. The molecule has 2 aromatic rings. The predicted octanol–water partition coefficient (Wildman–Crippen LogP) is 3.87. The molecular weight excluding hydrogens is 260 g/mol. The Bertz CT molecular complexity index is 575. The maximum atomic E-state index is 13.6. The summed E-state index contributed by atoms with van der Waals surface area (Å²) < 4.78 is 32.0. The quantitative estimate of drug-likeness (QED) is 0.918. The lowest BCUT2D eigenvalue weighted by Crippen LogP contribution is -2.00. The van der Waals surface area contributed by atoms with Crippen LogP contribution in [0, 0.1) is 11.6 Å². The van der Waals surface area contributed by atoms with Gasteiger partial charge in [0.25, 0.3) is 0 Å². The second-order valence-corrected chi connectivity index (χ2v) is 4.02. The van der Waals surface area contributed by atoms with Gasteiger partial charge in [0.05, 0.1) is 5.02 Å². The highest BCUT2D eigenvalue weighted by Gasteiger charge is 2.11. The van der Waals surface area contributed by atoms with Gasteiger partial charge in [-0.05, 0) is 30.3 Å². The molecule has 0 aliphatic carbocycles. The minimum atomic E-state index is -0.661. The molecule has 0 atom stereocenters. The summed E-state index contributed by atoms with van der Waals surface area (Å²) in [6.07, 6.45) is 0. The normalized spacial score (nSPS) is 10.4. The maximum absolute atomic E-state index is 13.6. The second kappa shape index (κ2) is 5.33. The van der Waals surface area contributed by atoms with Gasteiger partial charge in [-0.2, -0.15) is 0 Å². The monoisotopic (exact) mass is 269 g/mol. The van der Waals surface area contributed by atoms with Gasteiger partial charge in [0, 0.05) is 12.1 Å². The van der Waals surface area contributed by atoms with Gasteiger partial charge in [0.2, 0.25) is 0 Å². The van der Waals surface area contributed by atoms with E-state index in [1.165, 1.54) is 30.3 Å². The standard InChI is InChI=1S/C13H10ClF2NO/c14-10-2-1-3-12(13(10)16)18-11-5-4-9(15)6-8(11)7-17/h1-6H,7,17H2. The van der Waals surface area contributed by atoms with Crippen LogP contribution < -0.4 is 10.5 Å². The van der Waals surface area contributed by atoms with Crippen LogP contribution in [0.3, 0.4) is 0 Å². The summed E-state index contributed by atoms with van der Waals surface area (Å²) in [5, 5.41) is -0.0380. The predicted molar refractivity (Wildman–Crippen MR) is 65.8 cm³/mol. The summed E-state index contributed by atoms with van der Waals surface area (Å²) >= 11 is 5.64. The van der Waals surface area contributed by atoms with Crippen LogP contribution in [0.5, 0.6) is 11.5 Å². The van der Waals surface area contributed by atoms with E-state index in [0.29, 0.717) is 11.3 Å². The van der Waals surface area contributed by atoms with Crippen molar-refractivity contribution < 1.29 is 13.5 Å². The van der Waals surface area contributed by atoms with E-state index < -0.39 is 11.6 Å². The molecule has 0 saturated heterocycles. The first-order valence-electron chi connectivity index (χ1n) is 5.22. The van der Waals surface area contributed by atoms with Crippen molar-refractivity contribution in [1.29, 1.82) is 0 Å². The fraction of sp³-hybridized carbons (Fsp3) is 0.0769. The highest BCUT2D eigenvalue weighted by atomic mass is 35.5. The van der Waals surface area contributed by atoms with Crippen LogP contribution in [0.2, 0.25) is 5.02 Å². The third kappa shape index (κ3) is 2.60. The van der Waals surface area contributed by atoms with Gasteiger partial charge in [-0.25, -0.2) is 8.78 Å². The molecule has 94 valence electrons. The fourth-order valence-electron chi connectivity index (χ4n) is 1.49. The average Bonchev–Trinajstić information content (AvgIpc) is 2.37. The number of benzene rings is 2. The third-order valence-electron chi connectivity index (χ3n) is 2.38. The molecule has 0 amide bonds. The van der Waals surface area contributed by atoms with Crippen LogP contribution in [0.4, 0.5) is 8.78 Å². The van der Waals surface area contributed by atoms with Gasteiger partial charge < -0.3 is 10.5 Å². The van der Waals surface area contributed by atoms with E-state index >= 15 is 0 Å². The molecule has 2 rings (SSSR count). The average molecular weight is 270 g/mol. The SMILES string of the molecule is NCc1cc(F)ccc1Oc1cccc(Cl)c1F. The number of rotatable bonds is 3. The molecule has 18 heavy (non-hydrogen) atoms. The molecule has 2 aromatic carbocycles. The summed E-state index contributed by atoms with van der Waals surface area (Å²) in [4.78, 5) is 0. The Morgan fingerprint density at radius 1 is 1.11 bits per heavy atom. The number of hydrogen-bond donors (Lipinski definition) is 1.